The van der Waals surface area contributed by atoms with Crippen LogP contribution in [0.15, 0.2) is 60.7 Å². The molecule has 142 valence electrons. The van der Waals surface area contributed by atoms with Crippen molar-refractivity contribution in [3.8, 4) is 0 Å². The van der Waals surface area contributed by atoms with Gasteiger partial charge < -0.3 is 10.2 Å². The average molecular weight is 364 g/mol. The fourth-order valence-corrected chi connectivity index (χ4v) is 3.63. The maximum atomic E-state index is 12.6. The number of aryl methyl sites for hydroxylation is 1. The molecule has 1 aliphatic heterocycles. The Hall–Kier alpha value is -2.62. The number of benzene rings is 2. The highest BCUT2D eigenvalue weighted by atomic mass is 16.2. The summed E-state index contributed by atoms with van der Waals surface area (Å²) < 4.78 is 0. The van der Waals surface area contributed by atoms with Gasteiger partial charge in [0.15, 0.2) is 0 Å². The van der Waals surface area contributed by atoms with E-state index in [1.165, 1.54) is 5.56 Å². The number of hydrogen-bond acceptors (Lipinski definition) is 2. The van der Waals surface area contributed by atoms with Crippen LogP contribution in [0.3, 0.4) is 0 Å². The number of carbonyl (C=O) groups excluding carboxylic acids is 2. The van der Waals surface area contributed by atoms with E-state index < -0.39 is 0 Å². The molecule has 0 aromatic heterocycles. The number of amides is 2. The fourth-order valence-electron chi connectivity index (χ4n) is 3.63. The van der Waals surface area contributed by atoms with E-state index in [1.54, 1.807) is 4.90 Å². The van der Waals surface area contributed by atoms with Crippen LogP contribution >= 0.6 is 0 Å². The Morgan fingerprint density at radius 1 is 0.926 bits per heavy atom. The van der Waals surface area contributed by atoms with Crippen LogP contribution in [-0.4, -0.2) is 29.3 Å². The van der Waals surface area contributed by atoms with E-state index in [2.05, 4.69) is 17.4 Å². The van der Waals surface area contributed by atoms with Crippen LogP contribution in [0.4, 0.5) is 0 Å². The highest BCUT2D eigenvalue weighted by Gasteiger charge is 2.33. The van der Waals surface area contributed by atoms with E-state index in [0.717, 1.165) is 37.7 Å². The Kier molecular flexibility index (Phi) is 7.03. The van der Waals surface area contributed by atoms with Crippen molar-refractivity contribution in [3.05, 3.63) is 71.8 Å². The number of nitrogens with one attached hydrogen (secondary N) is 1. The Labute approximate surface area is 161 Å². The first-order valence-electron chi connectivity index (χ1n) is 9.89. The SMILES string of the molecule is O=C(NCc1ccccc1)[C@H]1CCCN1C(=O)CCCCc1ccccc1. The van der Waals surface area contributed by atoms with E-state index in [-0.39, 0.29) is 17.9 Å². The maximum Gasteiger partial charge on any atom is 0.243 e. The van der Waals surface area contributed by atoms with Gasteiger partial charge in [0.2, 0.25) is 11.8 Å². The second kappa shape index (κ2) is 9.91. The number of unbranched alkanes of at least 4 members (excludes halogenated alkanes) is 1. The van der Waals surface area contributed by atoms with Crippen molar-refractivity contribution >= 4 is 11.8 Å². The molecule has 4 heteroatoms. The molecule has 0 saturated carbocycles. The molecule has 0 aliphatic carbocycles. The van der Waals surface area contributed by atoms with Crippen molar-refractivity contribution in [3.63, 3.8) is 0 Å². The largest absolute Gasteiger partial charge is 0.350 e. The molecule has 1 fully saturated rings. The van der Waals surface area contributed by atoms with Gasteiger partial charge in [0.25, 0.3) is 0 Å². The highest BCUT2D eigenvalue weighted by molar-refractivity contribution is 5.88. The zero-order valence-corrected chi connectivity index (χ0v) is 15.8. The first-order valence-corrected chi connectivity index (χ1v) is 9.89. The van der Waals surface area contributed by atoms with Gasteiger partial charge in [-0.1, -0.05) is 60.7 Å². The third-order valence-electron chi connectivity index (χ3n) is 5.13. The van der Waals surface area contributed by atoms with Gasteiger partial charge in [0.05, 0.1) is 0 Å². The van der Waals surface area contributed by atoms with E-state index >= 15 is 0 Å². The van der Waals surface area contributed by atoms with E-state index in [1.807, 2.05) is 48.5 Å². The van der Waals surface area contributed by atoms with E-state index in [0.29, 0.717) is 19.5 Å². The molecule has 1 N–H and O–H groups in total. The van der Waals surface area contributed by atoms with Crippen molar-refractivity contribution in [1.82, 2.24) is 10.2 Å². The lowest BCUT2D eigenvalue weighted by molar-refractivity contribution is -0.138. The van der Waals surface area contributed by atoms with Crippen molar-refractivity contribution in [2.75, 3.05) is 6.54 Å². The van der Waals surface area contributed by atoms with Crippen LogP contribution in [0.1, 0.15) is 43.2 Å². The molecule has 0 spiro atoms. The molecular weight excluding hydrogens is 336 g/mol. The second-order valence-electron chi connectivity index (χ2n) is 7.14. The first-order chi connectivity index (χ1) is 13.2. The van der Waals surface area contributed by atoms with E-state index in [4.69, 9.17) is 0 Å². The molecule has 0 bridgehead atoms. The predicted molar refractivity (Wildman–Crippen MR) is 107 cm³/mol. The zero-order valence-electron chi connectivity index (χ0n) is 15.8. The molecule has 3 rings (SSSR count). The lowest BCUT2D eigenvalue weighted by atomic mass is 10.1. The first kappa shape index (κ1) is 19.2. The minimum atomic E-state index is -0.310. The average Bonchev–Trinajstić information content (AvgIpc) is 3.21. The molecule has 2 amide bonds. The molecule has 1 saturated heterocycles. The summed E-state index contributed by atoms with van der Waals surface area (Å²) in [6.45, 7) is 1.20. The van der Waals surface area contributed by atoms with Crippen molar-refractivity contribution in [1.29, 1.82) is 0 Å². The van der Waals surface area contributed by atoms with Crippen LogP contribution in [0, 0.1) is 0 Å². The minimum absolute atomic E-state index is 0.0333. The van der Waals surface area contributed by atoms with Gasteiger partial charge in [-0.2, -0.15) is 0 Å². The molecule has 0 unspecified atom stereocenters. The van der Waals surface area contributed by atoms with Gasteiger partial charge in [0, 0.05) is 19.5 Å². The lowest BCUT2D eigenvalue weighted by Gasteiger charge is -2.24. The van der Waals surface area contributed by atoms with Gasteiger partial charge >= 0.3 is 0 Å². The molecule has 1 atom stereocenters. The molecule has 4 nitrogen and oxygen atoms in total. The van der Waals surface area contributed by atoms with Gasteiger partial charge in [-0.15, -0.1) is 0 Å². The maximum absolute atomic E-state index is 12.6. The zero-order chi connectivity index (χ0) is 18.9. The summed E-state index contributed by atoms with van der Waals surface area (Å²) in [7, 11) is 0. The van der Waals surface area contributed by atoms with Crippen LogP contribution < -0.4 is 5.32 Å². The summed E-state index contributed by atoms with van der Waals surface area (Å²) in [5.74, 6) is 0.0782. The molecule has 27 heavy (non-hydrogen) atoms. The van der Waals surface area contributed by atoms with Gasteiger partial charge in [-0.3, -0.25) is 9.59 Å². The Morgan fingerprint density at radius 3 is 2.30 bits per heavy atom. The molecule has 1 aliphatic rings. The lowest BCUT2D eigenvalue weighted by Crippen LogP contribution is -2.45. The Bertz CT molecular complexity index is 731. The molecule has 2 aromatic carbocycles. The van der Waals surface area contributed by atoms with Crippen molar-refractivity contribution in [2.45, 2.75) is 51.1 Å². The topological polar surface area (TPSA) is 49.4 Å². The third-order valence-corrected chi connectivity index (χ3v) is 5.13. The monoisotopic (exact) mass is 364 g/mol. The summed E-state index contributed by atoms with van der Waals surface area (Å²) >= 11 is 0. The molecule has 2 aromatic rings. The normalized spacial score (nSPS) is 16.3. The summed E-state index contributed by atoms with van der Waals surface area (Å²) in [6.07, 6.45) is 5.04. The number of hydrogen-bond donors (Lipinski definition) is 1. The summed E-state index contributed by atoms with van der Waals surface area (Å²) in [5, 5.41) is 2.98. The number of nitrogens with zero attached hydrogens (tertiary/aromatic N) is 1. The Balaban J connectivity index is 1.42. The van der Waals surface area contributed by atoms with Crippen LogP contribution in [-0.2, 0) is 22.6 Å². The minimum Gasteiger partial charge on any atom is -0.350 e. The van der Waals surface area contributed by atoms with Crippen LogP contribution in [0.5, 0.6) is 0 Å². The van der Waals surface area contributed by atoms with Gasteiger partial charge in [0.1, 0.15) is 6.04 Å². The summed E-state index contributed by atoms with van der Waals surface area (Å²) in [4.78, 5) is 26.9. The smallest absolute Gasteiger partial charge is 0.243 e. The number of likely N-dealkylation sites (tertiary alicyclic amines) is 1. The van der Waals surface area contributed by atoms with Gasteiger partial charge in [-0.25, -0.2) is 0 Å². The number of carbonyl (C=O) groups is 2. The summed E-state index contributed by atoms with van der Waals surface area (Å²) in [6, 6.07) is 19.9. The molecule has 0 radical (unpaired) electrons. The van der Waals surface area contributed by atoms with Crippen LogP contribution in [0.25, 0.3) is 0 Å². The fraction of sp³-hybridized carbons (Fsp3) is 0.391. The second-order valence-corrected chi connectivity index (χ2v) is 7.14. The standard InChI is InChI=1S/C23H28N2O2/c26-22(16-8-7-12-19-10-3-1-4-11-19)25-17-9-15-21(25)23(27)24-18-20-13-5-2-6-14-20/h1-6,10-11,13-14,21H,7-9,12,15-18H2,(H,24,27)/t21-/m1/s1. The quantitative estimate of drug-likeness (QED) is 0.726. The Morgan fingerprint density at radius 2 is 1.59 bits per heavy atom. The molecule has 1 heterocycles. The van der Waals surface area contributed by atoms with Gasteiger partial charge in [-0.05, 0) is 43.2 Å². The van der Waals surface area contributed by atoms with Crippen LogP contribution in [0.2, 0.25) is 0 Å². The molecular formula is C23H28N2O2. The summed E-state index contributed by atoms with van der Waals surface area (Å²) in [5.41, 5.74) is 2.38. The third kappa shape index (κ3) is 5.68. The predicted octanol–water partition coefficient (Wildman–Crippen LogP) is 3.71. The number of rotatable bonds is 8. The van der Waals surface area contributed by atoms with E-state index in [9.17, 15) is 9.59 Å². The van der Waals surface area contributed by atoms with Crippen molar-refractivity contribution < 1.29 is 9.59 Å². The van der Waals surface area contributed by atoms with Crippen molar-refractivity contribution in [2.24, 2.45) is 0 Å². The highest BCUT2D eigenvalue weighted by Crippen LogP contribution is 2.20.